The highest BCUT2D eigenvalue weighted by Gasteiger charge is 2.11. The Balaban J connectivity index is 2.80. The van der Waals surface area contributed by atoms with Crippen molar-refractivity contribution < 1.29 is 8.42 Å². The molecule has 0 heterocycles. The minimum Gasteiger partial charge on any atom is -0.316 e. The highest BCUT2D eigenvalue weighted by atomic mass is 32.2. The molecule has 0 aliphatic heterocycles. The van der Waals surface area contributed by atoms with Gasteiger partial charge in [0.25, 0.3) is 0 Å². The van der Waals surface area contributed by atoms with Crippen molar-refractivity contribution in [1.29, 1.82) is 0 Å². The van der Waals surface area contributed by atoms with Crippen LogP contribution in [0.4, 0.5) is 0 Å². The van der Waals surface area contributed by atoms with Gasteiger partial charge in [0.15, 0.2) is 0 Å². The van der Waals surface area contributed by atoms with Crippen LogP contribution in [-0.2, 0) is 16.6 Å². The van der Waals surface area contributed by atoms with E-state index >= 15 is 0 Å². The normalized spacial score (nSPS) is 11.6. The Kier molecular flexibility index (Phi) is 4.92. The van der Waals surface area contributed by atoms with Gasteiger partial charge in [-0.2, -0.15) is 0 Å². The number of hydrogen-bond acceptors (Lipinski definition) is 3. The minimum absolute atomic E-state index is 0.320. The van der Waals surface area contributed by atoms with E-state index in [0.717, 1.165) is 18.5 Å². The maximum Gasteiger partial charge on any atom is 0.240 e. The Morgan fingerprint density at radius 3 is 2.31 bits per heavy atom. The van der Waals surface area contributed by atoms with Crippen LogP contribution >= 0.6 is 0 Å². The van der Waals surface area contributed by atoms with Gasteiger partial charge in [0.2, 0.25) is 10.0 Å². The van der Waals surface area contributed by atoms with Crippen molar-refractivity contribution in [2.24, 2.45) is 0 Å². The third-order valence-electron chi connectivity index (χ3n) is 2.16. The van der Waals surface area contributed by atoms with Crippen LogP contribution in [0.2, 0.25) is 0 Å². The molecule has 0 radical (unpaired) electrons. The van der Waals surface area contributed by atoms with Crippen LogP contribution < -0.4 is 10.0 Å². The minimum atomic E-state index is -3.32. The standard InChI is InChI=1S/C11H18N2O2S/c1-3-8-13-16(14,15)11-6-4-10(5-7-11)9-12-2/h4-7,12-13H,3,8-9H2,1-2H3. The van der Waals surface area contributed by atoms with Crippen molar-refractivity contribution in [3.8, 4) is 0 Å². The Hall–Kier alpha value is -0.910. The van der Waals surface area contributed by atoms with E-state index < -0.39 is 10.0 Å². The smallest absolute Gasteiger partial charge is 0.240 e. The average molecular weight is 242 g/mol. The van der Waals surface area contributed by atoms with Gasteiger partial charge in [0, 0.05) is 13.1 Å². The van der Waals surface area contributed by atoms with E-state index in [4.69, 9.17) is 0 Å². The van der Waals surface area contributed by atoms with Crippen LogP contribution in [0.25, 0.3) is 0 Å². The molecule has 1 aromatic carbocycles. The average Bonchev–Trinajstić information content (AvgIpc) is 2.28. The summed E-state index contributed by atoms with van der Waals surface area (Å²) in [6, 6.07) is 6.89. The van der Waals surface area contributed by atoms with Gasteiger partial charge in [-0.1, -0.05) is 19.1 Å². The van der Waals surface area contributed by atoms with E-state index in [-0.39, 0.29) is 0 Å². The Morgan fingerprint density at radius 1 is 1.19 bits per heavy atom. The number of sulfonamides is 1. The van der Waals surface area contributed by atoms with E-state index in [2.05, 4.69) is 10.0 Å². The third kappa shape index (κ3) is 3.59. The molecule has 0 spiro atoms. The first-order valence-electron chi connectivity index (χ1n) is 5.33. The summed E-state index contributed by atoms with van der Waals surface area (Å²) in [7, 11) is -1.47. The molecule has 0 aromatic heterocycles. The molecule has 16 heavy (non-hydrogen) atoms. The zero-order valence-electron chi connectivity index (χ0n) is 9.66. The van der Waals surface area contributed by atoms with Crippen molar-refractivity contribution in [2.75, 3.05) is 13.6 Å². The Bertz CT molecular complexity index is 412. The number of benzene rings is 1. The second kappa shape index (κ2) is 5.98. The summed E-state index contributed by atoms with van der Waals surface area (Å²) < 4.78 is 26.0. The first-order chi connectivity index (χ1) is 7.60. The van der Waals surface area contributed by atoms with Crippen LogP contribution in [0.5, 0.6) is 0 Å². The molecule has 1 aromatic rings. The topological polar surface area (TPSA) is 58.2 Å². The lowest BCUT2D eigenvalue weighted by Crippen LogP contribution is -2.24. The van der Waals surface area contributed by atoms with Crippen LogP contribution in [-0.4, -0.2) is 22.0 Å². The van der Waals surface area contributed by atoms with Crippen molar-refractivity contribution in [3.05, 3.63) is 29.8 Å². The van der Waals surface area contributed by atoms with Crippen LogP contribution in [0.15, 0.2) is 29.2 Å². The molecular formula is C11H18N2O2S. The van der Waals surface area contributed by atoms with E-state index in [1.807, 2.05) is 26.1 Å². The molecule has 90 valence electrons. The quantitative estimate of drug-likeness (QED) is 0.785. The second-order valence-corrected chi connectivity index (χ2v) is 5.34. The Morgan fingerprint density at radius 2 is 1.81 bits per heavy atom. The molecule has 0 bridgehead atoms. The van der Waals surface area contributed by atoms with Gasteiger partial charge in [-0.3, -0.25) is 0 Å². The molecular weight excluding hydrogens is 224 g/mol. The van der Waals surface area contributed by atoms with Crippen molar-refractivity contribution in [1.82, 2.24) is 10.0 Å². The lowest BCUT2D eigenvalue weighted by Gasteiger charge is -2.06. The van der Waals surface area contributed by atoms with E-state index in [0.29, 0.717) is 11.4 Å². The van der Waals surface area contributed by atoms with Gasteiger partial charge in [-0.15, -0.1) is 0 Å². The van der Waals surface area contributed by atoms with Crippen molar-refractivity contribution in [2.45, 2.75) is 24.8 Å². The highest BCUT2D eigenvalue weighted by molar-refractivity contribution is 7.89. The van der Waals surface area contributed by atoms with Gasteiger partial charge in [0.1, 0.15) is 0 Å². The van der Waals surface area contributed by atoms with Crippen LogP contribution in [0.3, 0.4) is 0 Å². The van der Waals surface area contributed by atoms with Gasteiger partial charge in [0.05, 0.1) is 4.90 Å². The molecule has 1 rings (SSSR count). The molecule has 0 saturated heterocycles. The maximum absolute atomic E-state index is 11.7. The summed E-state index contributed by atoms with van der Waals surface area (Å²) in [5.41, 5.74) is 1.07. The highest BCUT2D eigenvalue weighted by Crippen LogP contribution is 2.10. The fraction of sp³-hybridized carbons (Fsp3) is 0.455. The van der Waals surface area contributed by atoms with Gasteiger partial charge < -0.3 is 5.32 Å². The van der Waals surface area contributed by atoms with E-state index in [9.17, 15) is 8.42 Å². The van der Waals surface area contributed by atoms with Crippen molar-refractivity contribution >= 4 is 10.0 Å². The zero-order valence-corrected chi connectivity index (χ0v) is 10.5. The molecule has 2 N–H and O–H groups in total. The van der Waals surface area contributed by atoms with Gasteiger partial charge in [-0.05, 0) is 31.2 Å². The first kappa shape index (κ1) is 13.2. The molecule has 4 nitrogen and oxygen atoms in total. The Labute approximate surface area is 97.1 Å². The molecule has 0 unspecified atom stereocenters. The lowest BCUT2D eigenvalue weighted by molar-refractivity contribution is 0.581. The largest absolute Gasteiger partial charge is 0.316 e. The fourth-order valence-corrected chi connectivity index (χ4v) is 2.44. The van der Waals surface area contributed by atoms with Crippen LogP contribution in [0.1, 0.15) is 18.9 Å². The summed E-state index contributed by atoms with van der Waals surface area (Å²) in [4.78, 5) is 0.320. The maximum atomic E-state index is 11.7. The van der Waals surface area contributed by atoms with Gasteiger partial charge >= 0.3 is 0 Å². The number of nitrogens with one attached hydrogen (secondary N) is 2. The molecule has 0 amide bonds. The van der Waals surface area contributed by atoms with Crippen molar-refractivity contribution in [3.63, 3.8) is 0 Å². The van der Waals surface area contributed by atoms with Gasteiger partial charge in [-0.25, -0.2) is 13.1 Å². The monoisotopic (exact) mass is 242 g/mol. The summed E-state index contributed by atoms with van der Waals surface area (Å²) in [5.74, 6) is 0. The van der Waals surface area contributed by atoms with E-state index in [1.165, 1.54) is 0 Å². The number of hydrogen-bond donors (Lipinski definition) is 2. The predicted octanol–water partition coefficient (Wildman–Crippen LogP) is 1.09. The zero-order chi connectivity index (χ0) is 12.0. The molecule has 0 fully saturated rings. The lowest BCUT2D eigenvalue weighted by atomic mass is 10.2. The molecule has 0 saturated carbocycles. The summed E-state index contributed by atoms with van der Waals surface area (Å²) in [6.45, 7) is 3.14. The third-order valence-corrected chi connectivity index (χ3v) is 3.63. The SMILES string of the molecule is CCCNS(=O)(=O)c1ccc(CNC)cc1. The van der Waals surface area contributed by atoms with Crippen LogP contribution in [0, 0.1) is 0 Å². The first-order valence-corrected chi connectivity index (χ1v) is 6.81. The second-order valence-electron chi connectivity index (χ2n) is 3.57. The summed E-state index contributed by atoms with van der Waals surface area (Å²) in [6.07, 6.45) is 0.789. The fourth-order valence-electron chi connectivity index (χ4n) is 1.31. The number of rotatable bonds is 6. The summed E-state index contributed by atoms with van der Waals surface area (Å²) >= 11 is 0. The summed E-state index contributed by atoms with van der Waals surface area (Å²) in [5, 5.41) is 3.01. The predicted molar refractivity (Wildman–Crippen MR) is 64.7 cm³/mol. The molecule has 0 atom stereocenters. The molecule has 5 heteroatoms. The molecule has 0 aliphatic rings. The van der Waals surface area contributed by atoms with E-state index in [1.54, 1.807) is 12.1 Å². The molecule has 0 aliphatic carbocycles.